The van der Waals surface area contributed by atoms with Gasteiger partial charge in [-0.2, -0.15) is 0 Å². The molecule has 0 spiro atoms. The summed E-state index contributed by atoms with van der Waals surface area (Å²) in [7, 11) is 3.91. The number of carbonyl (C=O) groups excluding carboxylic acids is 2. The molecule has 1 rings (SSSR count). The topological polar surface area (TPSA) is 52.7 Å². The van der Waals surface area contributed by atoms with E-state index < -0.39 is 0 Å². The van der Waals surface area contributed by atoms with Crippen LogP contribution in [-0.2, 0) is 9.59 Å². The number of nitrogens with zero attached hydrogens (tertiary/aromatic N) is 2. The van der Waals surface area contributed by atoms with E-state index in [1.165, 1.54) is 6.92 Å². The van der Waals surface area contributed by atoms with E-state index >= 15 is 0 Å². The third-order valence-corrected chi connectivity index (χ3v) is 3.64. The first-order valence-electron chi connectivity index (χ1n) is 6.86. The van der Waals surface area contributed by atoms with Crippen LogP contribution in [-0.4, -0.2) is 50.4 Å². The molecule has 21 heavy (non-hydrogen) atoms. The molecule has 0 radical (unpaired) electrons. The van der Waals surface area contributed by atoms with E-state index in [9.17, 15) is 9.59 Å². The second kappa shape index (κ2) is 8.79. The summed E-state index contributed by atoms with van der Waals surface area (Å²) in [6.45, 7) is 3.28. The van der Waals surface area contributed by atoms with Gasteiger partial charge in [0.15, 0.2) is 0 Å². The molecule has 2 amide bonds. The van der Waals surface area contributed by atoms with Gasteiger partial charge in [-0.3, -0.25) is 9.59 Å². The number of halogens is 1. The number of nitrogens with one attached hydrogen (secondary N) is 1. The fourth-order valence-electron chi connectivity index (χ4n) is 1.84. The highest BCUT2D eigenvalue weighted by Crippen LogP contribution is 2.25. The normalized spacial score (nSPS) is 10.5. The van der Waals surface area contributed by atoms with Crippen LogP contribution >= 0.6 is 15.9 Å². The van der Waals surface area contributed by atoms with E-state index in [-0.39, 0.29) is 18.2 Å². The fraction of sp³-hybridized carbons (Fsp3) is 0.467. The van der Waals surface area contributed by atoms with Gasteiger partial charge >= 0.3 is 0 Å². The number of likely N-dealkylation sites (N-methyl/N-ethyl adjacent to an activating group) is 1. The summed E-state index contributed by atoms with van der Waals surface area (Å²) < 4.78 is 0.841. The van der Waals surface area contributed by atoms with Crippen molar-refractivity contribution in [2.24, 2.45) is 0 Å². The third-order valence-electron chi connectivity index (χ3n) is 2.97. The smallest absolute Gasteiger partial charge is 0.223 e. The first-order valence-corrected chi connectivity index (χ1v) is 7.65. The van der Waals surface area contributed by atoms with Crippen LogP contribution in [0.15, 0.2) is 28.7 Å². The lowest BCUT2D eigenvalue weighted by molar-refractivity contribution is -0.121. The van der Waals surface area contributed by atoms with Crippen molar-refractivity contribution < 1.29 is 9.59 Å². The van der Waals surface area contributed by atoms with Crippen LogP contribution in [0.4, 0.5) is 5.69 Å². The van der Waals surface area contributed by atoms with Crippen molar-refractivity contribution in [1.82, 2.24) is 10.2 Å². The van der Waals surface area contributed by atoms with E-state index in [1.54, 1.807) is 4.90 Å². The Morgan fingerprint density at radius 3 is 2.43 bits per heavy atom. The maximum Gasteiger partial charge on any atom is 0.223 e. The van der Waals surface area contributed by atoms with Gasteiger partial charge in [-0.05, 0) is 42.2 Å². The number of rotatable bonds is 7. The minimum Gasteiger partial charge on any atom is -0.355 e. The minimum absolute atomic E-state index is 0.0462. The molecule has 0 saturated heterocycles. The highest BCUT2D eigenvalue weighted by molar-refractivity contribution is 9.10. The molecule has 6 heteroatoms. The molecule has 1 aromatic carbocycles. The van der Waals surface area contributed by atoms with Gasteiger partial charge in [0.2, 0.25) is 11.8 Å². The zero-order valence-electron chi connectivity index (χ0n) is 12.7. The van der Waals surface area contributed by atoms with Gasteiger partial charge in [0, 0.05) is 37.5 Å². The summed E-state index contributed by atoms with van der Waals surface area (Å²) in [5.41, 5.74) is 0.783. The average molecular weight is 356 g/mol. The number of hydrogen-bond acceptors (Lipinski definition) is 3. The Bertz CT molecular complexity index is 492. The number of benzene rings is 1. The third kappa shape index (κ3) is 6.27. The summed E-state index contributed by atoms with van der Waals surface area (Å²) in [5, 5.41) is 2.84. The summed E-state index contributed by atoms with van der Waals surface area (Å²) in [4.78, 5) is 27.2. The van der Waals surface area contributed by atoms with Crippen LogP contribution < -0.4 is 10.2 Å². The molecule has 0 bridgehead atoms. The number of amides is 2. The standard InChI is InChI=1S/C15H22BrN3O2/c1-12(20)19(14-7-5-4-6-13(14)16)10-8-15(21)17-9-11-18(2)3/h4-7H,8-11H2,1-3H3,(H,17,21). The van der Waals surface area contributed by atoms with Crippen molar-refractivity contribution in [1.29, 1.82) is 0 Å². The second-order valence-electron chi connectivity index (χ2n) is 5.03. The molecule has 0 heterocycles. The Hall–Kier alpha value is -1.40. The lowest BCUT2D eigenvalue weighted by Gasteiger charge is -2.22. The van der Waals surface area contributed by atoms with Gasteiger partial charge < -0.3 is 15.1 Å². The van der Waals surface area contributed by atoms with Crippen LogP contribution in [0.1, 0.15) is 13.3 Å². The molecule has 0 aliphatic rings. The van der Waals surface area contributed by atoms with Crippen LogP contribution in [0, 0.1) is 0 Å². The Morgan fingerprint density at radius 1 is 1.19 bits per heavy atom. The highest BCUT2D eigenvalue weighted by atomic mass is 79.9. The highest BCUT2D eigenvalue weighted by Gasteiger charge is 2.15. The number of carbonyl (C=O) groups is 2. The fourth-order valence-corrected chi connectivity index (χ4v) is 2.34. The molecule has 0 aliphatic carbocycles. The predicted molar refractivity (Wildman–Crippen MR) is 88.3 cm³/mol. The molecule has 0 unspecified atom stereocenters. The largest absolute Gasteiger partial charge is 0.355 e. The molecule has 0 atom stereocenters. The summed E-state index contributed by atoms with van der Waals surface area (Å²) in [6, 6.07) is 7.49. The lowest BCUT2D eigenvalue weighted by atomic mass is 10.2. The lowest BCUT2D eigenvalue weighted by Crippen LogP contribution is -2.36. The average Bonchev–Trinajstić information content (AvgIpc) is 2.40. The Balaban J connectivity index is 2.55. The van der Waals surface area contributed by atoms with E-state index in [0.29, 0.717) is 13.1 Å². The first-order chi connectivity index (χ1) is 9.91. The zero-order valence-corrected chi connectivity index (χ0v) is 14.3. The molecule has 0 fully saturated rings. The van der Waals surface area contributed by atoms with E-state index in [1.807, 2.05) is 43.3 Å². The number of para-hydroxylation sites is 1. The maximum atomic E-state index is 11.8. The zero-order chi connectivity index (χ0) is 15.8. The molecule has 0 aromatic heterocycles. The molecular formula is C15H22BrN3O2. The maximum absolute atomic E-state index is 11.8. The van der Waals surface area contributed by atoms with E-state index in [0.717, 1.165) is 16.7 Å². The van der Waals surface area contributed by atoms with Crippen molar-refractivity contribution in [2.45, 2.75) is 13.3 Å². The molecule has 1 N–H and O–H groups in total. The molecule has 1 aromatic rings. The van der Waals surface area contributed by atoms with Crippen LogP contribution in [0.5, 0.6) is 0 Å². The van der Waals surface area contributed by atoms with Crippen LogP contribution in [0.25, 0.3) is 0 Å². The number of anilines is 1. The van der Waals surface area contributed by atoms with Gasteiger partial charge in [0.25, 0.3) is 0 Å². The summed E-state index contributed by atoms with van der Waals surface area (Å²) >= 11 is 3.43. The van der Waals surface area contributed by atoms with Crippen molar-refractivity contribution in [3.63, 3.8) is 0 Å². The number of hydrogen-bond donors (Lipinski definition) is 1. The van der Waals surface area contributed by atoms with Crippen molar-refractivity contribution in [3.8, 4) is 0 Å². The van der Waals surface area contributed by atoms with Gasteiger partial charge in [0.1, 0.15) is 0 Å². The van der Waals surface area contributed by atoms with Gasteiger partial charge in [-0.1, -0.05) is 12.1 Å². The van der Waals surface area contributed by atoms with E-state index in [2.05, 4.69) is 21.2 Å². The monoisotopic (exact) mass is 355 g/mol. The van der Waals surface area contributed by atoms with Crippen molar-refractivity contribution in [3.05, 3.63) is 28.7 Å². The molecule has 0 aliphatic heterocycles. The molecular weight excluding hydrogens is 334 g/mol. The van der Waals surface area contributed by atoms with Crippen molar-refractivity contribution >= 4 is 33.4 Å². The quantitative estimate of drug-likeness (QED) is 0.812. The van der Waals surface area contributed by atoms with Gasteiger partial charge in [0.05, 0.1) is 5.69 Å². The first kappa shape index (κ1) is 17.7. The molecule has 5 nitrogen and oxygen atoms in total. The Morgan fingerprint density at radius 2 is 1.86 bits per heavy atom. The van der Waals surface area contributed by atoms with E-state index in [4.69, 9.17) is 0 Å². The van der Waals surface area contributed by atoms with Crippen molar-refractivity contribution in [2.75, 3.05) is 38.6 Å². The summed E-state index contributed by atoms with van der Waals surface area (Å²) in [5.74, 6) is -0.127. The SMILES string of the molecule is CC(=O)N(CCC(=O)NCCN(C)C)c1ccccc1Br. The predicted octanol–water partition coefficient (Wildman–Crippen LogP) is 1.87. The Labute approximate surface area is 134 Å². The summed E-state index contributed by atoms with van der Waals surface area (Å²) in [6.07, 6.45) is 0.286. The molecule has 116 valence electrons. The second-order valence-corrected chi connectivity index (χ2v) is 5.88. The van der Waals surface area contributed by atoms with Gasteiger partial charge in [-0.25, -0.2) is 0 Å². The Kier molecular flexibility index (Phi) is 7.39. The minimum atomic E-state index is -0.0806. The van der Waals surface area contributed by atoms with Crippen LogP contribution in [0.2, 0.25) is 0 Å². The van der Waals surface area contributed by atoms with Crippen LogP contribution in [0.3, 0.4) is 0 Å². The molecule has 0 saturated carbocycles. The van der Waals surface area contributed by atoms with Gasteiger partial charge in [-0.15, -0.1) is 0 Å².